The second-order valence-corrected chi connectivity index (χ2v) is 17.6. The van der Waals surface area contributed by atoms with E-state index in [1.54, 1.807) is 0 Å². The van der Waals surface area contributed by atoms with Crippen molar-refractivity contribution in [3.8, 4) is 67.8 Å². The van der Waals surface area contributed by atoms with Crippen molar-refractivity contribution in [2.45, 2.75) is 0 Å². The molecule has 0 N–H and O–H groups in total. The van der Waals surface area contributed by atoms with E-state index < -0.39 is 0 Å². The zero-order chi connectivity index (χ0) is 45.4. The summed E-state index contributed by atoms with van der Waals surface area (Å²) in [6.07, 6.45) is 0. The van der Waals surface area contributed by atoms with Crippen LogP contribution in [0.1, 0.15) is 0 Å². The second kappa shape index (κ2) is 15.6. The van der Waals surface area contributed by atoms with Crippen molar-refractivity contribution in [2.24, 2.45) is 0 Å². The van der Waals surface area contributed by atoms with Gasteiger partial charge in [0, 0.05) is 49.1 Å². The zero-order valence-corrected chi connectivity index (χ0v) is 37.2. The van der Waals surface area contributed by atoms with Gasteiger partial charge in [0.15, 0.2) is 11.6 Å². The minimum absolute atomic E-state index is 0.567. The SMILES string of the molecule is c1ccc(-c2nc(-c3ccccc3)nc(-n3c4ccccc4c4cc(-c5cccc6oc7ccc(-c8cccc(-c9ccc%10c(c9)c9ccccc9n%10-c9ccccc9)c8)cc7c56)ccc43)n2)cc1. The van der Waals surface area contributed by atoms with Gasteiger partial charge in [0.05, 0.1) is 22.1 Å². The van der Waals surface area contributed by atoms with E-state index in [4.69, 9.17) is 19.4 Å². The van der Waals surface area contributed by atoms with Crippen LogP contribution in [-0.4, -0.2) is 24.1 Å². The Balaban J connectivity index is 0.879. The lowest BCUT2D eigenvalue weighted by Crippen LogP contribution is -2.06. The van der Waals surface area contributed by atoms with E-state index >= 15 is 0 Å². The summed E-state index contributed by atoms with van der Waals surface area (Å²) in [5.74, 6) is 1.81. The summed E-state index contributed by atoms with van der Waals surface area (Å²) < 4.78 is 11.1. The van der Waals surface area contributed by atoms with Gasteiger partial charge in [-0.05, 0) is 106 Å². The number of para-hydroxylation sites is 3. The largest absolute Gasteiger partial charge is 0.456 e. The number of furan rings is 1. The van der Waals surface area contributed by atoms with Crippen molar-refractivity contribution in [1.29, 1.82) is 0 Å². The minimum atomic E-state index is 0.567. The maximum absolute atomic E-state index is 6.59. The summed E-state index contributed by atoms with van der Waals surface area (Å²) in [5, 5.41) is 6.87. The Morgan fingerprint density at radius 3 is 1.43 bits per heavy atom. The van der Waals surface area contributed by atoms with Crippen molar-refractivity contribution in [2.75, 3.05) is 0 Å². The number of hydrogen-bond donors (Lipinski definition) is 0. The highest BCUT2D eigenvalue weighted by atomic mass is 16.3. The van der Waals surface area contributed by atoms with Crippen LogP contribution >= 0.6 is 0 Å². The molecule has 14 aromatic rings. The number of aromatic nitrogens is 5. The molecule has 0 amide bonds. The van der Waals surface area contributed by atoms with Crippen molar-refractivity contribution < 1.29 is 4.42 Å². The average molecular weight is 882 g/mol. The quantitative estimate of drug-likeness (QED) is 0.160. The van der Waals surface area contributed by atoms with Gasteiger partial charge in [0.25, 0.3) is 0 Å². The van der Waals surface area contributed by atoms with Gasteiger partial charge in [0.2, 0.25) is 5.95 Å². The van der Waals surface area contributed by atoms with E-state index in [9.17, 15) is 0 Å². The van der Waals surface area contributed by atoms with Crippen LogP contribution in [0.3, 0.4) is 0 Å². The van der Waals surface area contributed by atoms with Crippen LogP contribution in [0, 0.1) is 0 Å². The molecule has 0 radical (unpaired) electrons. The van der Waals surface area contributed by atoms with E-state index in [2.05, 4.69) is 185 Å². The lowest BCUT2D eigenvalue weighted by molar-refractivity contribution is 0.669. The van der Waals surface area contributed by atoms with E-state index in [1.807, 2.05) is 60.7 Å². The molecule has 0 aliphatic heterocycles. The topological polar surface area (TPSA) is 61.7 Å². The van der Waals surface area contributed by atoms with Gasteiger partial charge < -0.3 is 8.98 Å². The molecule has 0 aliphatic rings. The second-order valence-electron chi connectivity index (χ2n) is 17.6. The Hall–Kier alpha value is -9.39. The third-order valence-electron chi connectivity index (χ3n) is 13.6. The summed E-state index contributed by atoms with van der Waals surface area (Å²) in [6, 6.07) is 83.5. The fourth-order valence-electron chi connectivity index (χ4n) is 10.4. The Labute approximate surface area is 396 Å². The number of fused-ring (bicyclic) bond motifs is 9. The maximum atomic E-state index is 6.59. The normalized spacial score (nSPS) is 11.8. The van der Waals surface area contributed by atoms with Crippen LogP contribution < -0.4 is 0 Å². The summed E-state index contributed by atoms with van der Waals surface area (Å²) in [5.41, 5.74) is 16.0. The first kappa shape index (κ1) is 38.8. The van der Waals surface area contributed by atoms with Crippen molar-refractivity contribution >= 4 is 65.6 Å². The van der Waals surface area contributed by atoms with Crippen LogP contribution in [0.2, 0.25) is 0 Å². The van der Waals surface area contributed by atoms with Crippen molar-refractivity contribution in [1.82, 2.24) is 24.1 Å². The fraction of sp³-hybridized carbons (Fsp3) is 0. The smallest absolute Gasteiger partial charge is 0.238 e. The third kappa shape index (κ3) is 6.38. The molecule has 0 aliphatic carbocycles. The molecule has 0 unspecified atom stereocenters. The number of rotatable bonds is 7. The van der Waals surface area contributed by atoms with E-state index in [-0.39, 0.29) is 0 Å². The van der Waals surface area contributed by atoms with Crippen molar-refractivity contribution in [3.63, 3.8) is 0 Å². The molecule has 69 heavy (non-hydrogen) atoms. The van der Waals surface area contributed by atoms with Crippen molar-refractivity contribution in [3.05, 3.63) is 237 Å². The zero-order valence-electron chi connectivity index (χ0n) is 37.2. The predicted molar refractivity (Wildman–Crippen MR) is 283 cm³/mol. The molecule has 6 nitrogen and oxygen atoms in total. The van der Waals surface area contributed by atoms with Crippen LogP contribution in [0.4, 0.5) is 0 Å². The number of hydrogen-bond acceptors (Lipinski definition) is 4. The molecule has 10 aromatic carbocycles. The molecular formula is C63H39N5O. The van der Waals surface area contributed by atoms with E-state index in [0.29, 0.717) is 17.6 Å². The molecule has 0 saturated heterocycles. The lowest BCUT2D eigenvalue weighted by Gasteiger charge is -2.11. The fourth-order valence-corrected chi connectivity index (χ4v) is 10.4. The molecule has 0 spiro atoms. The van der Waals surface area contributed by atoms with Gasteiger partial charge in [-0.3, -0.25) is 4.57 Å². The Kier molecular flexibility index (Phi) is 8.79. The van der Waals surface area contributed by atoms with E-state index in [0.717, 1.165) is 82.8 Å². The Morgan fingerprint density at radius 1 is 0.290 bits per heavy atom. The maximum Gasteiger partial charge on any atom is 0.238 e. The highest BCUT2D eigenvalue weighted by Gasteiger charge is 2.21. The van der Waals surface area contributed by atoms with Crippen LogP contribution in [0.15, 0.2) is 241 Å². The van der Waals surface area contributed by atoms with Gasteiger partial charge >= 0.3 is 0 Å². The minimum Gasteiger partial charge on any atom is -0.456 e. The van der Waals surface area contributed by atoms with Gasteiger partial charge in [0.1, 0.15) is 11.2 Å². The first-order valence-corrected chi connectivity index (χ1v) is 23.3. The first-order valence-electron chi connectivity index (χ1n) is 23.3. The number of nitrogens with zero attached hydrogens (tertiary/aromatic N) is 5. The molecule has 322 valence electrons. The molecule has 6 heteroatoms. The van der Waals surface area contributed by atoms with Crippen LogP contribution in [-0.2, 0) is 0 Å². The molecule has 14 rings (SSSR count). The molecule has 4 aromatic heterocycles. The van der Waals surface area contributed by atoms with Gasteiger partial charge in [-0.2, -0.15) is 9.97 Å². The van der Waals surface area contributed by atoms with Crippen LogP contribution in [0.5, 0.6) is 0 Å². The lowest BCUT2D eigenvalue weighted by atomic mass is 9.95. The molecule has 0 bridgehead atoms. The molecule has 0 atom stereocenters. The van der Waals surface area contributed by atoms with Crippen LogP contribution in [0.25, 0.3) is 133 Å². The average Bonchev–Trinajstić information content (AvgIpc) is 4.08. The molecule has 4 heterocycles. The van der Waals surface area contributed by atoms with Gasteiger partial charge in [-0.15, -0.1) is 0 Å². The Bertz CT molecular complexity index is 4240. The summed E-state index contributed by atoms with van der Waals surface area (Å²) >= 11 is 0. The first-order chi connectivity index (χ1) is 34.2. The predicted octanol–water partition coefficient (Wildman–Crippen LogP) is 16.3. The highest BCUT2D eigenvalue weighted by molar-refractivity contribution is 6.16. The summed E-state index contributed by atoms with van der Waals surface area (Å²) in [7, 11) is 0. The van der Waals surface area contributed by atoms with Gasteiger partial charge in [-0.1, -0.05) is 164 Å². The monoisotopic (exact) mass is 881 g/mol. The van der Waals surface area contributed by atoms with E-state index in [1.165, 1.54) is 32.9 Å². The van der Waals surface area contributed by atoms with Gasteiger partial charge in [-0.25, -0.2) is 4.98 Å². The third-order valence-corrected chi connectivity index (χ3v) is 13.6. The molecular weight excluding hydrogens is 843 g/mol. The summed E-state index contributed by atoms with van der Waals surface area (Å²) in [6.45, 7) is 0. The molecule has 0 saturated carbocycles. The highest BCUT2D eigenvalue weighted by Crippen LogP contribution is 2.42. The molecule has 0 fully saturated rings. The summed E-state index contributed by atoms with van der Waals surface area (Å²) in [4.78, 5) is 15.2. The standard InChI is InChI=1S/C63H39N5O/c1-4-16-40(17-5-1)61-64-62(41-18-6-2-7-19-41)66-63(65-61)68-55-28-13-11-25-50(55)52-39-46(31-34-57(52)68)48-26-15-29-59-60(48)53-38-45(32-35-58(53)69-59)43-21-14-20-42(36-43)44-30-33-56-51(37-44)49-24-10-12-27-54(49)67(56)47-22-8-3-9-23-47/h1-39H. The Morgan fingerprint density at radius 2 is 0.768 bits per heavy atom. The number of benzene rings is 10.